The molecule has 0 radical (unpaired) electrons. The quantitative estimate of drug-likeness (QED) is 0.700. The smallest absolute Gasteiger partial charge is 0.0930 e. The molecule has 2 atom stereocenters. The van der Waals surface area contributed by atoms with Crippen molar-refractivity contribution in [1.29, 1.82) is 0 Å². The van der Waals surface area contributed by atoms with Gasteiger partial charge in [-0.3, -0.25) is 0 Å². The van der Waals surface area contributed by atoms with Gasteiger partial charge in [0.05, 0.1) is 12.0 Å². The van der Waals surface area contributed by atoms with Crippen LogP contribution in [0.25, 0.3) is 0 Å². The Morgan fingerprint density at radius 2 is 2.14 bits per heavy atom. The van der Waals surface area contributed by atoms with Gasteiger partial charge in [0.1, 0.15) is 0 Å². The minimum Gasteiger partial charge on any atom is -0.367 e. The first-order chi connectivity index (χ1) is 6.59. The van der Waals surface area contributed by atoms with Crippen molar-refractivity contribution in [1.82, 2.24) is 0 Å². The van der Waals surface area contributed by atoms with Crippen molar-refractivity contribution in [2.24, 2.45) is 5.92 Å². The van der Waals surface area contributed by atoms with Crippen LogP contribution in [0.3, 0.4) is 0 Å². The number of ether oxygens (including phenoxy) is 1. The van der Waals surface area contributed by atoms with Crippen molar-refractivity contribution in [3.63, 3.8) is 0 Å². The summed E-state index contributed by atoms with van der Waals surface area (Å²) in [6, 6.07) is 0. The normalized spacial score (nSPS) is 28.7. The van der Waals surface area contributed by atoms with E-state index in [1.807, 2.05) is 11.8 Å². The van der Waals surface area contributed by atoms with E-state index in [-0.39, 0.29) is 0 Å². The lowest BCUT2D eigenvalue weighted by Gasteiger charge is -2.38. The molecule has 2 heteroatoms. The van der Waals surface area contributed by atoms with Crippen molar-refractivity contribution in [2.45, 2.75) is 64.2 Å². The summed E-state index contributed by atoms with van der Waals surface area (Å²) in [7, 11) is 0. The highest BCUT2D eigenvalue weighted by Crippen LogP contribution is 2.38. The first-order valence-electron chi connectivity index (χ1n) is 5.84. The predicted molar refractivity (Wildman–Crippen MR) is 64.7 cm³/mol. The van der Waals surface area contributed by atoms with Gasteiger partial charge in [0.15, 0.2) is 0 Å². The van der Waals surface area contributed by atoms with E-state index in [9.17, 15) is 0 Å². The summed E-state index contributed by atoms with van der Waals surface area (Å²) in [5.74, 6) is 1.66. The maximum atomic E-state index is 5.88. The molecular weight excluding hydrogens is 192 g/mol. The fraction of sp³-hybridized carbons (Fsp3) is 1.00. The molecule has 1 aliphatic heterocycles. The molecule has 0 aromatic carbocycles. The second kappa shape index (κ2) is 5.41. The van der Waals surface area contributed by atoms with Crippen LogP contribution < -0.4 is 0 Å². The number of hydrogen-bond acceptors (Lipinski definition) is 2. The zero-order valence-corrected chi connectivity index (χ0v) is 10.8. The third-order valence-electron chi connectivity index (χ3n) is 3.13. The summed E-state index contributed by atoms with van der Waals surface area (Å²) in [6.45, 7) is 9.24. The first-order valence-corrected chi connectivity index (χ1v) is 6.83. The minimum absolute atomic E-state index is 0.421. The van der Waals surface area contributed by atoms with Crippen molar-refractivity contribution >= 4 is 11.8 Å². The molecular formula is C12H24OS. The lowest BCUT2D eigenvalue weighted by Crippen LogP contribution is -2.36. The molecule has 1 nitrogen and oxygen atoms in total. The average Bonchev–Trinajstić information content (AvgIpc) is 2.12. The fourth-order valence-electron chi connectivity index (χ4n) is 2.21. The van der Waals surface area contributed by atoms with Gasteiger partial charge in [-0.25, -0.2) is 0 Å². The summed E-state index contributed by atoms with van der Waals surface area (Å²) in [4.78, 5) is 0. The molecule has 0 aliphatic carbocycles. The Kier molecular flexibility index (Phi) is 4.78. The van der Waals surface area contributed by atoms with Gasteiger partial charge < -0.3 is 4.74 Å². The van der Waals surface area contributed by atoms with Gasteiger partial charge in [0, 0.05) is 4.75 Å². The molecule has 0 spiro atoms. The molecule has 1 saturated heterocycles. The highest BCUT2D eigenvalue weighted by molar-refractivity contribution is 8.00. The fourth-order valence-corrected chi connectivity index (χ4v) is 3.05. The van der Waals surface area contributed by atoms with E-state index in [4.69, 9.17) is 4.74 Å². The van der Waals surface area contributed by atoms with Crippen LogP contribution in [0.5, 0.6) is 0 Å². The molecule has 0 N–H and O–H groups in total. The molecule has 84 valence electrons. The van der Waals surface area contributed by atoms with Gasteiger partial charge in [0.25, 0.3) is 0 Å². The van der Waals surface area contributed by atoms with Crippen LogP contribution in [0.2, 0.25) is 0 Å². The van der Waals surface area contributed by atoms with Gasteiger partial charge in [-0.05, 0) is 18.8 Å². The molecule has 1 rings (SSSR count). The summed E-state index contributed by atoms with van der Waals surface area (Å²) in [5, 5.41) is 0. The third-order valence-corrected chi connectivity index (χ3v) is 4.34. The largest absolute Gasteiger partial charge is 0.367 e. The molecule has 1 heterocycles. The predicted octanol–water partition coefficient (Wildman–Crippen LogP) is 4.07. The molecule has 0 amide bonds. The van der Waals surface area contributed by atoms with E-state index in [2.05, 4.69) is 27.7 Å². The van der Waals surface area contributed by atoms with Crippen LogP contribution in [0.1, 0.15) is 53.4 Å². The molecule has 0 saturated carbocycles. The third kappa shape index (κ3) is 3.47. The van der Waals surface area contributed by atoms with Crippen LogP contribution in [0.4, 0.5) is 0 Å². The second-order valence-electron chi connectivity index (χ2n) is 4.89. The molecule has 2 unspecified atom stereocenters. The van der Waals surface area contributed by atoms with E-state index in [1.165, 1.54) is 25.7 Å². The average molecular weight is 216 g/mol. The molecule has 0 aromatic rings. The maximum Gasteiger partial charge on any atom is 0.0930 e. The Labute approximate surface area is 93.0 Å². The highest BCUT2D eigenvalue weighted by Gasteiger charge is 2.32. The van der Waals surface area contributed by atoms with Crippen LogP contribution in [0, 0.1) is 5.92 Å². The van der Waals surface area contributed by atoms with Gasteiger partial charge >= 0.3 is 0 Å². The van der Waals surface area contributed by atoms with E-state index < -0.39 is 0 Å². The van der Waals surface area contributed by atoms with Crippen LogP contribution in [-0.2, 0) is 4.74 Å². The van der Waals surface area contributed by atoms with E-state index in [1.54, 1.807) is 0 Å². The lowest BCUT2D eigenvalue weighted by atomic mass is 9.88. The molecule has 14 heavy (non-hydrogen) atoms. The lowest BCUT2D eigenvalue weighted by molar-refractivity contribution is 0.0155. The molecule has 1 aliphatic rings. The van der Waals surface area contributed by atoms with E-state index in [0.29, 0.717) is 10.9 Å². The van der Waals surface area contributed by atoms with Crippen molar-refractivity contribution in [3.05, 3.63) is 0 Å². The SMILES string of the molecule is CCCC(CC)C1CC(C)(C)SCO1. The Bertz CT molecular complexity index is 168. The van der Waals surface area contributed by atoms with Crippen LogP contribution >= 0.6 is 11.8 Å². The number of thioether (sulfide) groups is 1. The molecule has 1 fully saturated rings. The van der Waals surface area contributed by atoms with Gasteiger partial charge in [-0.15, -0.1) is 11.8 Å². The van der Waals surface area contributed by atoms with E-state index in [0.717, 1.165) is 11.9 Å². The van der Waals surface area contributed by atoms with Crippen LogP contribution in [-0.4, -0.2) is 16.8 Å². The zero-order valence-electron chi connectivity index (χ0n) is 10.0. The topological polar surface area (TPSA) is 9.23 Å². The molecule has 0 aromatic heterocycles. The highest BCUT2D eigenvalue weighted by atomic mass is 32.2. The number of rotatable bonds is 4. The monoisotopic (exact) mass is 216 g/mol. The van der Waals surface area contributed by atoms with Crippen molar-refractivity contribution in [3.8, 4) is 0 Å². The van der Waals surface area contributed by atoms with Crippen molar-refractivity contribution < 1.29 is 4.74 Å². The number of hydrogen-bond donors (Lipinski definition) is 0. The summed E-state index contributed by atoms with van der Waals surface area (Å²) in [5.41, 5.74) is 0. The second-order valence-corrected chi connectivity index (χ2v) is 6.52. The zero-order chi connectivity index (χ0) is 10.6. The standard InChI is InChI=1S/C12H24OS/c1-5-7-10(6-2)11-8-12(3,4)14-9-13-11/h10-11H,5-9H2,1-4H3. The first kappa shape index (κ1) is 12.4. The Hall–Kier alpha value is 0.310. The van der Waals surface area contributed by atoms with Gasteiger partial charge in [-0.1, -0.05) is 40.5 Å². The Balaban J connectivity index is 2.49. The summed E-state index contributed by atoms with van der Waals surface area (Å²) in [6.07, 6.45) is 5.60. The van der Waals surface area contributed by atoms with Crippen molar-refractivity contribution in [2.75, 3.05) is 5.94 Å². The summed E-state index contributed by atoms with van der Waals surface area (Å²) >= 11 is 1.95. The minimum atomic E-state index is 0.421. The summed E-state index contributed by atoms with van der Waals surface area (Å²) < 4.78 is 6.30. The maximum absolute atomic E-state index is 5.88. The van der Waals surface area contributed by atoms with Gasteiger partial charge in [0.2, 0.25) is 0 Å². The van der Waals surface area contributed by atoms with Gasteiger partial charge in [-0.2, -0.15) is 0 Å². The molecule has 0 bridgehead atoms. The Morgan fingerprint density at radius 1 is 1.43 bits per heavy atom. The Morgan fingerprint density at radius 3 is 2.64 bits per heavy atom. The van der Waals surface area contributed by atoms with E-state index >= 15 is 0 Å². The van der Waals surface area contributed by atoms with Crippen LogP contribution in [0.15, 0.2) is 0 Å².